The monoisotopic (exact) mass is 404 g/mol. The van der Waals surface area contributed by atoms with E-state index in [-0.39, 0.29) is 17.1 Å². The molecular weight excluding hydrogens is 376 g/mol. The summed E-state index contributed by atoms with van der Waals surface area (Å²) in [6, 6.07) is 20.9. The van der Waals surface area contributed by atoms with E-state index in [0.29, 0.717) is 6.61 Å². The molecule has 0 aromatic heterocycles. The fraction of sp³-hybridized carbons (Fsp3) is 0.429. The standard InChI is InChI=1S/C21H28O4SSi/c1-21(2,3)27(18-11-7-5-8-12-18,19-13-9-6-10-14-19)24-16-17-15-20(17)25-26(4,22)23/h5-14,17,20H,15-16H2,1-4H3/t17-,20-/m1/s1. The SMILES string of the molecule is CC(C)(C)[Si](OC[C@H]1C[C@H]1OS(C)(=O)=O)(c1ccccc1)c1ccccc1. The Kier molecular flexibility index (Phi) is 5.63. The van der Waals surface area contributed by atoms with E-state index in [2.05, 4.69) is 69.3 Å². The molecule has 2 aromatic rings. The molecule has 4 nitrogen and oxygen atoms in total. The van der Waals surface area contributed by atoms with Crippen molar-refractivity contribution in [2.75, 3.05) is 12.9 Å². The second kappa shape index (κ2) is 7.51. The Labute approximate surface area is 163 Å². The number of benzene rings is 2. The fourth-order valence-electron chi connectivity index (χ4n) is 3.73. The van der Waals surface area contributed by atoms with E-state index in [1.165, 1.54) is 10.4 Å². The summed E-state index contributed by atoms with van der Waals surface area (Å²) in [7, 11) is -5.99. The van der Waals surface area contributed by atoms with Crippen molar-refractivity contribution < 1.29 is 17.0 Å². The van der Waals surface area contributed by atoms with Gasteiger partial charge in [0.05, 0.1) is 12.4 Å². The van der Waals surface area contributed by atoms with Gasteiger partial charge < -0.3 is 4.43 Å². The lowest BCUT2D eigenvalue weighted by Gasteiger charge is -2.43. The highest BCUT2D eigenvalue weighted by Gasteiger charge is 2.52. The number of hydrogen-bond acceptors (Lipinski definition) is 4. The van der Waals surface area contributed by atoms with Crippen LogP contribution in [0.1, 0.15) is 27.2 Å². The maximum atomic E-state index is 11.4. The van der Waals surface area contributed by atoms with Crippen LogP contribution in [0.5, 0.6) is 0 Å². The molecule has 0 bridgehead atoms. The second-order valence-electron chi connectivity index (χ2n) is 8.31. The maximum Gasteiger partial charge on any atom is 0.264 e. The van der Waals surface area contributed by atoms with Gasteiger partial charge in [0.25, 0.3) is 18.4 Å². The van der Waals surface area contributed by atoms with Gasteiger partial charge in [-0.2, -0.15) is 8.42 Å². The third-order valence-electron chi connectivity index (χ3n) is 5.09. The highest BCUT2D eigenvalue weighted by Crippen LogP contribution is 2.40. The first-order valence-electron chi connectivity index (χ1n) is 9.27. The number of hydrogen-bond donors (Lipinski definition) is 0. The molecule has 3 rings (SSSR count). The van der Waals surface area contributed by atoms with Crippen molar-refractivity contribution >= 4 is 28.8 Å². The zero-order valence-corrected chi connectivity index (χ0v) is 18.2. The van der Waals surface area contributed by atoms with Gasteiger partial charge in [-0.3, -0.25) is 4.18 Å². The molecule has 0 unspecified atom stereocenters. The van der Waals surface area contributed by atoms with Crippen molar-refractivity contribution in [3.8, 4) is 0 Å². The van der Waals surface area contributed by atoms with Crippen LogP contribution in [-0.4, -0.2) is 35.7 Å². The predicted molar refractivity (Wildman–Crippen MR) is 111 cm³/mol. The summed E-state index contributed by atoms with van der Waals surface area (Å²) in [6.07, 6.45) is 1.58. The second-order valence-corrected chi connectivity index (χ2v) is 14.2. The first-order valence-corrected chi connectivity index (χ1v) is 13.0. The normalized spacial score (nSPS) is 20.4. The topological polar surface area (TPSA) is 52.6 Å². The van der Waals surface area contributed by atoms with E-state index in [4.69, 9.17) is 8.61 Å². The summed E-state index contributed by atoms with van der Waals surface area (Å²) in [6.45, 7) is 7.21. The van der Waals surface area contributed by atoms with Crippen molar-refractivity contribution in [3.05, 3.63) is 60.7 Å². The van der Waals surface area contributed by atoms with Gasteiger partial charge in [-0.05, 0) is 21.8 Å². The van der Waals surface area contributed by atoms with E-state index in [9.17, 15) is 8.42 Å². The lowest BCUT2D eigenvalue weighted by Crippen LogP contribution is -2.66. The Morgan fingerprint density at radius 3 is 1.85 bits per heavy atom. The lowest BCUT2D eigenvalue weighted by molar-refractivity contribution is 0.234. The van der Waals surface area contributed by atoms with Crippen LogP contribution < -0.4 is 10.4 Å². The van der Waals surface area contributed by atoms with E-state index >= 15 is 0 Å². The van der Waals surface area contributed by atoms with Crippen LogP contribution >= 0.6 is 0 Å². The molecule has 146 valence electrons. The molecule has 6 heteroatoms. The molecule has 1 aliphatic carbocycles. The fourth-order valence-corrected chi connectivity index (χ4v) is 9.04. The van der Waals surface area contributed by atoms with Crippen molar-refractivity contribution in [3.63, 3.8) is 0 Å². The summed E-state index contributed by atoms with van der Waals surface area (Å²) >= 11 is 0. The molecule has 0 spiro atoms. The Balaban J connectivity index is 1.93. The quantitative estimate of drug-likeness (QED) is 0.526. The van der Waals surface area contributed by atoms with Crippen molar-refractivity contribution in [2.24, 2.45) is 5.92 Å². The van der Waals surface area contributed by atoms with E-state index in [0.717, 1.165) is 12.7 Å². The third kappa shape index (κ3) is 4.51. The average molecular weight is 405 g/mol. The summed E-state index contributed by atoms with van der Waals surface area (Å²) in [5, 5.41) is 2.37. The van der Waals surface area contributed by atoms with Crippen LogP contribution in [-0.2, 0) is 18.7 Å². The Morgan fingerprint density at radius 2 is 1.44 bits per heavy atom. The Hall–Kier alpha value is -1.47. The van der Waals surface area contributed by atoms with Crippen molar-refractivity contribution in [2.45, 2.75) is 38.3 Å². The van der Waals surface area contributed by atoms with E-state index in [1.807, 2.05) is 12.1 Å². The van der Waals surface area contributed by atoms with Gasteiger partial charge in [0.15, 0.2) is 0 Å². The molecule has 0 N–H and O–H groups in total. The van der Waals surface area contributed by atoms with Gasteiger partial charge in [0.2, 0.25) is 0 Å². The van der Waals surface area contributed by atoms with Gasteiger partial charge in [-0.25, -0.2) is 0 Å². The molecule has 0 heterocycles. The zero-order valence-electron chi connectivity index (χ0n) is 16.4. The van der Waals surface area contributed by atoms with Gasteiger partial charge in [0.1, 0.15) is 0 Å². The Bertz CT molecular complexity index is 821. The molecular formula is C21H28O4SSi. The molecule has 1 saturated carbocycles. The van der Waals surface area contributed by atoms with Crippen molar-refractivity contribution in [1.82, 2.24) is 0 Å². The first-order chi connectivity index (χ1) is 12.6. The minimum absolute atomic E-state index is 0.0855. The average Bonchev–Trinajstić information content (AvgIpc) is 3.32. The largest absolute Gasteiger partial charge is 0.407 e. The predicted octanol–water partition coefficient (Wildman–Crippen LogP) is 2.93. The van der Waals surface area contributed by atoms with Gasteiger partial charge in [-0.15, -0.1) is 0 Å². The van der Waals surface area contributed by atoms with E-state index < -0.39 is 18.4 Å². The molecule has 1 fully saturated rings. The molecule has 0 radical (unpaired) electrons. The minimum Gasteiger partial charge on any atom is -0.407 e. The summed E-state index contributed by atoms with van der Waals surface area (Å²) in [5.74, 6) is 0.126. The van der Waals surface area contributed by atoms with Crippen LogP contribution in [0.2, 0.25) is 5.04 Å². The molecule has 0 amide bonds. The lowest BCUT2D eigenvalue weighted by atomic mass is 10.2. The van der Waals surface area contributed by atoms with Gasteiger partial charge in [-0.1, -0.05) is 81.4 Å². The summed E-state index contributed by atoms with van der Waals surface area (Å²) in [4.78, 5) is 0. The van der Waals surface area contributed by atoms with Gasteiger partial charge >= 0.3 is 0 Å². The third-order valence-corrected chi connectivity index (χ3v) is 10.7. The molecule has 2 atom stereocenters. The Morgan fingerprint density at radius 1 is 0.963 bits per heavy atom. The molecule has 2 aromatic carbocycles. The number of rotatable bonds is 7. The molecule has 27 heavy (non-hydrogen) atoms. The highest BCUT2D eigenvalue weighted by atomic mass is 32.2. The molecule has 0 saturated heterocycles. The first kappa shape index (κ1) is 20.3. The van der Waals surface area contributed by atoms with Gasteiger partial charge in [0, 0.05) is 12.5 Å². The van der Waals surface area contributed by atoms with Crippen molar-refractivity contribution in [1.29, 1.82) is 0 Å². The van der Waals surface area contributed by atoms with Crippen LogP contribution in [0.25, 0.3) is 0 Å². The molecule has 0 aliphatic heterocycles. The zero-order chi connectivity index (χ0) is 19.7. The minimum atomic E-state index is -3.42. The van der Waals surface area contributed by atoms with Crippen LogP contribution in [0, 0.1) is 5.92 Å². The smallest absolute Gasteiger partial charge is 0.264 e. The summed E-state index contributed by atoms with van der Waals surface area (Å²) < 4.78 is 34.7. The maximum absolute atomic E-state index is 11.4. The summed E-state index contributed by atoms with van der Waals surface area (Å²) in [5.41, 5.74) is 0. The van der Waals surface area contributed by atoms with Crippen LogP contribution in [0.4, 0.5) is 0 Å². The van der Waals surface area contributed by atoms with E-state index in [1.54, 1.807) is 0 Å². The van der Waals surface area contributed by atoms with Crippen LogP contribution in [0.15, 0.2) is 60.7 Å². The van der Waals surface area contributed by atoms with Crippen LogP contribution in [0.3, 0.4) is 0 Å². The molecule has 1 aliphatic rings. The highest BCUT2D eigenvalue weighted by molar-refractivity contribution is 7.86.